The number of carbonyl (C=O) groups excluding carboxylic acids is 1. The van der Waals surface area contributed by atoms with Gasteiger partial charge in [0.1, 0.15) is 0 Å². The topological polar surface area (TPSA) is 86.7 Å². The van der Waals surface area contributed by atoms with Crippen LogP contribution in [0.3, 0.4) is 0 Å². The van der Waals surface area contributed by atoms with Crippen molar-refractivity contribution in [1.29, 1.82) is 0 Å². The first-order valence-electron chi connectivity index (χ1n) is 9.26. The van der Waals surface area contributed by atoms with E-state index in [0.717, 1.165) is 19.6 Å². The fourth-order valence-corrected chi connectivity index (χ4v) is 5.38. The average Bonchev–Trinajstić information content (AvgIpc) is 3.02. The largest absolute Gasteiger partial charge is 0.351 e. The summed E-state index contributed by atoms with van der Waals surface area (Å²) in [5, 5.41) is 8.34. The molecule has 2 aliphatic rings. The number of piperazine rings is 1. The first kappa shape index (κ1) is 19.0. The normalized spacial score (nSPS) is 23.2. The van der Waals surface area contributed by atoms with E-state index in [9.17, 15) is 13.2 Å². The molecule has 0 spiro atoms. The molecule has 1 aromatic rings. The molecule has 144 valence electrons. The molecule has 0 aromatic carbocycles. The Labute approximate surface area is 155 Å². The molecule has 0 bridgehead atoms. The maximum atomic E-state index is 12.6. The Morgan fingerprint density at radius 3 is 2.42 bits per heavy atom. The molecule has 2 saturated heterocycles. The summed E-state index contributed by atoms with van der Waals surface area (Å²) in [5.74, 6) is 0.917. The number of likely N-dealkylation sites (N-methyl/N-ethyl adjacent to an activating group) is 1. The standard InChI is InChI=1S/C17H27N5O3S/c1-3-20-8-10-21(11-9-20)17(23)15-5-6-16(19-18-15)22(4-2)14-7-12-26(24,25)13-14/h5-6,14H,3-4,7-13H2,1-2H3. The monoisotopic (exact) mass is 381 g/mol. The van der Waals surface area contributed by atoms with Crippen LogP contribution in [0.15, 0.2) is 12.1 Å². The van der Waals surface area contributed by atoms with Crippen LogP contribution >= 0.6 is 0 Å². The molecule has 2 fully saturated rings. The second-order valence-corrected chi connectivity index (χ2v) is 9.07. The van der Waals surface area contributed by atoms with Gasteiger partial charge in [-0.3, -0.25) is 4.79 Å². The number of sulfone groups is 1. The predicted octanol–water partition coefficient (Wildman–Crippen LogP) is 0.268. The van der Waals surface area contributed by atoms with Crippen molar-refractivity contribution in [2.24, 2.45) is 0 Å². The van der Waals surface area contributed by atoms with Gasteiger partial charge in [-0.1, -0.05) is 6.92 Å². The summed E-state index contributed by atoms with van der Waals surface area (Å²) in [6, 6.07) is 3.41. The molecule has 3 heterocycles. The number of rotatable bonds is 5. The first-order valence-corrected chi connectivity index (χ1v) is 11.1. The van der Waals surface area contributed by atoms with Gasteiger partial charge in [-0.15, -0.1) is 10.2 Å². The minimum Gasteiger partial charge on any atom is -0.351 e. The van der Waals surface area contributed by atoms with Crippen molar-refractivity contribution >= 4 is 21.6 Å². The fraction of sp³-hybridized carbons (Fsp3) is 0.706. The molecule has 2 aliphatic heterocycles. The first-order chi connectivity index (χ1) is 12.4. The van der Waals surface area contributed by atoms with Gasteiger partial charge in [-0.25, -0.2) is 8.42 Å². The SMILES string of the molecule is CCN1CCN(C(=O)c2ccc(N(CC)C3CCS(=O)(=O)C3)nn2)CC1. The predicted molar refractivity (Wildman–Crippen MR) is 100 cm³/mol. The van der Waals surface area contributed by atoms with Crippen LogP contribution in [0.25, 0.3) is 0 Å². The smallest absolute Gasteiger partial charge is 0.274 e. The van der Waals surface area contributed by atoms with Gasteiger partial charge in [0.2, 0.25) is 0 Å². The number of aromatic nitrogens is 2. The summed E-state index contributed by atoms with van der Waals surface area (Å²) in [6.07, 6.45) is 0.611. The molecule has 8 nitrogen and oxygen atoms in total. The van der Waals surface area contributed by atoms with E-state index in [-0.39, 0.29) is 23.5 Å². The molecule has 3 rings (SSSR count). The molecular formula is C17H27N5O3S. The summed E-state index contributed by atoms with van der Waals surface area (Å²) < 4.78 is 23.5. The highest BCUT2D eigenvalue weighted by molar-refractivity contribution is 7.91. The van der Waals surface area contributed by atoms with Crippen molar-refractivity contribution < 1.29 is 13.2 Å². The highest BCUT2D eigenvalue weighted by Crippen LogP contribution is 2.22. The molecule has 26 heavy (non-hydrogen) atoms. The van der Waals surface area contributed by atoms with Crippen LogP contribution in [0, 0.1) is 0 Å². The van der Waals surface area contributed by atoms with Crippen molar-refractivity contribution in [2.45, 2.75) is 26.3 Å². The summed E-state index contributed by atoms with van der Waals surface area (Å²) in [5.41, 5.74) is 0.341. The molecule has 9 heteroatoms. The number of anilines is 1. The van der Waals surface area contributed by atoms with Crippen LogP contribution in [0.2, 0.25) is 0 Å². The van der Waals surface area contributed by atoms with E-state index in [1.807, 2.05) is 16.7 Å². The van der Waals surface area contributed by atoms with Gasteiger partial charge in [0, 0.05) is 38.8 Å². The second-order valence-electron chi connectivity index (χ2n) is 6.85. The maximum absolute atomic E-state index is 12.6. The quantitative estimate of drug-likeness (QED) is 0.723. The third kappa shape index (κ3) is 4.15. The molecule has 1 aromatic heterocycles. The summed E-state index contributed by atoms with van der Waals surface area (Å²) in [7, 11) is -2.96. The number of hydrogen-bond acceptors (Lipinski definition) is 7. The number of nitrogens with zero attached hydrogens (tertiary/aromatic N) is 5. The van der Waals surface area contributed by atoms with Gasteiger partial charge < -0.3 is 14.7 Å². The van der Waals surface area contributed by atoms with E-state index in [1.54, 1.807) is 12.1 Å². The van der Waals surface area contributed by atoms with Gasteiger partial charge in [0.05, 0.1) is 11.5 Å². The number of amides is 1. The third-order valence-corrected chi connectivity index (χ3v) is 7.01. The average molecular weight is 382 g/mol. The summed E-state index contributed by atoms with van der Waals surface area (Å²) in [4.78, 5) is 18.7. The molecule has 0 saturated carbocycles. The lowest BCUT2D eigenvalue weighted by Gasteiger charge is -2.33. The van der Waals surface area contributed by atoms with Crippen LogP contribution in [0.5, 0.6) is 0 Å². The highest BCUT2D eigenvalue weighted by atomic mass is 32.2. The molecule has 1 atom stereocenters. The lowest BCUT2D eigenvalue weighted by atomic mass is 10.2. The summed E-state index contributed by atoms with van der Waals surface area (Å²) in [6.45, 7) is 8.92. The van der Waals surface area contributed by atoms with Gasteiger partial charge in [-0.05, 0) is 32.0 Å². The van der Waals surface area contributed by atoms with E-state index in [1.165, 1.54) is 0 Å². The minimum absolute atomic E-state index is 0.0667. The number of hydrogen-bond donors (Lipinski definition) is 0. The molecule has 1 amide bonds. The molecule has 0 N–H and O–H groups in total. The van der Waals surface area contributed by atoms with Crippen molar-refractivity contribution in [3.05, 3.63) is 17.8 Å². The Bertz CT molecular complexity index is 729. The lowest BCUT2D eigenvalue weighted by Crippen LogP contribution is -2.48. The highest BCUT2D eigenvalue weighted by Gasteiger charge is 2.32. The third-order valence-electron chi connectivity index (χ3n) is 5.26. The number of carbonyl (C=O) groups is 1. The van der Waals surface area contributed by atoms with Crippen molar-refractivity contribution in [3.8, 4) is 0 Å². The zero-order valence-corrected chi connectivity index (χ0v) is 16.3. The molecule has 0 aliphatic carbocycles. The summed E-state index contributed by atoms with van der Waals surface area (Å²) >= 11 is 0. The fourth-order valence-electron chi connectivity index (χ4n) is 3.65. The van der Waals surface area contributed by atoms with Crippen LogP contribution in [-0.4, -0.2) is 91.1 Å². The van der Waals surface area contributed by atoms with Gasteiger partial charge in [-0.2, -0.15) is 0 Å². The molecular weight excluding hydrogens is 354 g/mol. The Kier molecular flexibility index (Phi) is 5.76. The van der Waals surface area contributed by atoms with E-state index in [4.69, 9.17) is 0 Å². The Morgan fingerprint density at radius 1 is 1.19 bits per heavy atom. The van der Waals surface area contributed by atoms with Crippen LogP contribution in [-0.2, 0) is 9.84 Å². The van der Waals surface area contributed by atoms with Crippen molar-refractivity contribution in [2.75, 3.05) is 55.7 Å². The molecule has 1 unspecified atom stereocenters. The van der Waals surface area contributed by atoms with E-state index in [2.05, 4.69) is 22.0 Å². The van der Waals surface area contributed by atoms with Crippen LogP contribution in [0.4, 0.5) is 5.82 Å². The van der Waals surface area contributed by atoms with E-state index in [0.29, 0.717) is 37.6 Å². The van der Waals surface area contributed by atoms with Crippen LogP contribution in [0.1, 0.15) is 30.8 Å². The second kappa shape index (κ2) is 7.87. The van der Waals surface area contributed by atoms with Crippen LogP contribution < -0.4 is 4.90 Å². The van der Waals surface area contributed by atoms with Gasteiger partial charge >= 0.3 is 0 Å². The zero-order valence-electron chi connectivity index (χ0n) is 15.5. The van der Waals surface area contributed by atoms with Gasteiger partial charge in [0.15, 0.2) is 21.3 Å². The van der Waals surface area contributed by atoms with Crippen molar-refractivity contribution in [3.63, 3.8) is 0 Å². The van der Waals surface area contributed by atoms with E-state index >= 15 is 0 Å². The zero-order chi connectivity index (χ0) is 18.7. The van der Waals surface area contributed by atoms with Gasteiger partial charge in [0.25, 0.3) is 5.91 Å². The Hall–Kier alpha value is -1.74. The lowest BCUT2D eigenvalue weighted by molar-refractivity contribution is 0.0636. The Morgan fingerprint density at radius 2 is 1.92 bits per heavy atom. The van der Waals surface area contributed by atoms with E-state index < -0.39 is 9.84 Å². The van der Waals surface area contributed by atoms with Crippen molar-refractivity contribution in [1.82, 2.24) is 20.0 Å². The minimum atomic E-state index is -2.96. The Balaban J connectivity index is 1.67. The molecule has 0 radical (unpaired) electrons. The maximum Gasteiger partial charge on any atom is 0.274 e.